The molecule has 0 radical (unpaired) electrons. The minimum Gasteiger partial charge on any atom is -0.465 e. The molecule has 2 rings (SSSR count). The molecule has 0 unspecified atom stereocenters. The molecule has 1 saturated carbocycles. The van der Waals surface area contributed by atoms with Gasteiger partial charge < -0.3 is 4.74 Å². The molecule has 0 aliphatic heterocycles. The number of methoxy groups -OCH3 is 1. The third-order valence-electron chi connectivity index (χ3n) is 3.42. The van der Waals surface area contributed by atoms with Crippen LogP contribution in [0, 0.1) is 0 Å². The van der Waals surface area contributed by atoms with E-state index in [1.807, 2.05) is 0 Å². The fourth-order valence-electron chi connectivity index (χ4n) is 2.15. The van der Waals surface area contributed by atoms with Crippen molar-refractivity contribution in [2.24, 2.45) is 0 Å². The van der Waals surface area contributed by atoms with Gasteiger partial charge in [0.25, 0.3) is 0 Å². The van der Waals surface area contributed by atoms with E-state index < -0.39 is 17.6 Å². The zero-order valence-corrected chi connectivity index (χ0v) is 9.75. The third-order valence-corrected chi connectivity index (χ3v) is 3.42. The number of carbonyl (C=O) groups excluding carboxylic acids is 1. The highest BCUT2D eigenvalue weighted by Crippen LogP contribution is 2.53. The summed E-state index contributed by atoms with van der Waals surface area (Å²) in [7, 11) is 1.19. The maximum atomic E-state index is 13.1. The predicted molar refractivity (Wildman–Crippen MR) is 57.2 cm³/mol. The van der Waals surface area contributed by atoms with Gasteiger partial charge in [0.1, 0.15) is 5.41 Å². The Hall–Kier alpha value is -1.59. The van der Waals surface area contributed by atoms with Crippen LogP contribution in [-0.2, 0) is 10.2 Å². The molecule has 0 N–H and O–H groups in total. The van der Waals surface area contributed by atoms with Crippen LogP contribution >= 0.6 is 0 Å². The molecular formula is C12H12F3NO2. The number of alkyl halides is 3. The number of esters is 1. The second kappa shape index (κ2) is 4.26. The Morgan fingerprint density at radius 2 is 2.11 bits per heavy atom. The molecule has 0 aromatic carbocycles. The first-order valence-electron chi connectivity index (χ1n) is 5.52. The van der Waals surface area contributed by atoms with Crippen LogP contribution in [-0.4, -0.2) is 24.2 Å². The summed E-state index contributed by atoms with van der Waals surface area (Å²) in [5, 5.41) is 0. The average molecular weight is 259 g/mol. The van der Waals surface area contributed by atoms with Gasteiger partial charge in [-0.15, -0.1) is 0 Å². The van der Waals surface area contributed by atoms with Gasteiger partial charge in [0.05, 0.1) is 18.4 Å². The van der Waals surface area contributed by atoms with E-state index in [-0.39, 0.29) is 24.1 Å². The minimum atomic E-state index is -4.34. The van der Waals surface area contributed by atoms with Crippen molar-refractivity contribution in [1.82, 2.24) is 4.98 Å². The van der Waals surface area contributed by atoms with Crippen molar-refractivity contribution in [2.45, 2.75) is 30.9 Å². The first kappa shape index (κ1) is 12.9. The van der Waals surface area contributed by atoms with Gasteiger partial charge in [-0.2, -0.15) is 13.2 Å². The van der Waals surface area contributed by atoms with Gasteiger partial charge in [-0.1, -0.05) is 6.42 Å². The first-order valence-corrected chi connectivity index (χ1v) is 5.52. The summed E-state index contributed by atoms with van der Waals surface area (Å²) >= 11 is 0. The van der Waals surface area contributed by atoms with Crippen LogP contribution in [0.4, 0.5) is 13.2 Å². The molecule has 3 nitrogen and oxygen atoms in total. The van der Waals surface area contributed by atoms with Gasteiger partial charge >= 0.3 is 12.1 Å². The number of rotatable bonds is 2. The molecule has 1 aliphatic rings. The lowest BCUT2D eigenvalue weighted by molar-refractivity contribution is -0.214. The maximum Gasteiger partial charge on any atom is 0.399 e. The van der Waals surface area contributed by atoms with Crippen LogP contribution in [0.15, 0.2) is 18.3 Å². The maximum absolute atomic E-state index is 13.1. The van der Waals surface area contributed by atoms with Crippen molar-refractivity contribution in [3.05, 3.63) is 29.6 Å². The number of carbonyl (C=O) groups is 1. The molecule has 0 atom stereocenters. The van der Waals surface area contributed by atoms with Crippen molar-refractivity contribution in [3.63, 3.8) is 0 Å². The van der Waals surface area contributed by atoms with E-state index in [1.165, 1.54) is 25.4 Å². The molecule has 0 amide bonds. The number of pyridine rings is 1. The third kappa shape index (κ3) is 1.85. The second-order valence-electron chi connectivity index (χ2n) is 4.35. The Morgan fingerprint density at radius 1 is 1.44 bits per heavy atom. The fourth-order valence-corrected chi connectivity index (χ4v) is 2.15. The van der Waals surface area contributed by atoms with E-state index in [0.717, 1.165) is 0 Å². The van der Waals surface area contributed by atoms with Crippen LogP contribution in [0.3, 0.4) is 0 Å². The highest BCUT2D eigenvalue weighted by atomic mass is 19.4. The molecule has 1 aromatic heterocycles. The molecule has 18 heavy (non-hydrogen) atoms. The Morgan fingerprint density at radius 3 is 2.56 bits per heavy atom. The van der Waals surface area contributed by atoms with Crippen molar-refractivity contribution >= 4 is 5.97 Å². The van der Waals surface area contributed by atoms with Crippen LogP contribution in [0.5, 0.6) is 0 Å². The quantitative estimate of drug-likeness (QED) is 0.766. The molecule has 6 heteroatoms. The van der Waals surface area contributed by atoms with Crippen molar-refractivity contribution in [2.75, 3.05) is 7.11 Å². The van der Waals surface area contributed by atoms with Crippen molar-refractivity contribution in [3.8, 4) is 0 Å². The molecule has 0 bridgehead atoms. The van der Waals surface area contributed by atoms with E-state index >= 15 is 0 Å². The number of ether oxygens (including phenoxy) is 1. The molecule has 0 spiro atoms. The van der Waals surface area contributed by atoms with Gasteiger partial charge in [0.15, 0.2) is 0 Å². The first-order chi connectivity index (χ1) is 8.40. The van der Waals surface area contributed by atoms with Crippen molar-refractivity contribution < 1.29 is 22.7 Å². The highest BCUT2D eigenvalue weighted by Gasteiger charge is 2.60. The SMILES string of the molecule is COC(=O)c1ccnc(C2(C(F)(F)F)CCC2)c1. The second-order valence-corrected chi connectivity index (χ2v) is 4.35. The summed E-state index contributed by atoms with van der Waals surface area (Å²) in [4.78, 5) is 15.1. The molecule has 1 heterocycles. The number of hydrogen-bond donors (Lipinski definition) is 0. The number of halogens is 3. The lowest BCUT2D eigenvalue weighted by Gasteiger charge is -2.42. The van der Waals surface area contributed by atoms with Crippen LogP contribution in [0.2, 0.25) is 0 Å². The lowest BCUT2D eigenvalue weighted by atomic mass is 9.65. The summed E-state index contributed by atoms with van der Waals surface area (Å²) in [6.45, 7) is 0. The van der Waals surface area contributed by atoms with Crippen molar-refractivity contribution in [1.29, 1.82) is 0 Å². The van der Waals surface area contributed by atoms with E-state index in [0.29, 0.717) is 6.42 Å². The zero-order valence-electron chi connectivity index (χ0n) is 9.75. The lowest BCUT2D eigenvalue weighted by Crippen LogP contribution is -2.48. The zero-order chi connectivity index (χ0) is 13.4. The van der Waals surface area contributed by atoms with Crippen LogP contribution < -0.4 is 0 Å². The van der Waals surface area contributed by atoms with Gasteiger partial charge in [0, 0.05) is 6.20 Å². The van der Waals surface area contributed by atoms with E-state index in [4.69, 9.17) is 0 Å². The van der Waals surface area contributed by atoms with E-state index in [1.54, 1.807) is 0 Å². The monoisotopic (exact) mass is 259 g/mol. The Kier molecular flexibility index (Phi) is 3.04. The summed E-state index contributed by atoms with van der Waals surface area (Å²) in [5.41, 5.74) is -1.89. The summed E-state index contributed by atoms with van der Waals surface area (Å²) in [6, 6.07) is 2.52. The topological polar surface area (TPSA) is 39.2 Å². The highest BCUT2D eigenvalue weighted by molar-refractivity contribution is 5.89. The smallest absolute Gasteiger partial charge is 0.399 e. The van der Waals surface area contributed by atoms with Crippen LogP contribution in [0.1, 0.15) is 35.3 Å². The Balaban J connectivity index is 2.42. The predicted octanol–water partition coefficient (Wildman–Crippen LogP) is 2.85. The number of aromatic nitrogens is 1. The Bertz CT molecular complexity index is 467. The fraction of sp³-hybridized carbons (Fsp3) is 0.500. The van der Waals surface area contributed by atoms with Gasteiger partial charge in [-0.3, -0.25) is 4.98 Å². The number of nitrogens with zero attached hydrogens (tertiary/aromatic N) is 1. The standard InChI is InChI=1S/C12H12F3NO2/c1-18-10(17)8-3-6-16-9(7-8)11(4-2-5-11)12(13,14)15/h3,6-7H,2,4-5H2,1H3. The molecule has 1 aromatic rings. The minimum absolute atomic E-state index is 0.0220. The summed E-state index contributed by atoms with van der Waals surface area (Å²) in [6.07, 6.45) is -2.56. The molecule has 1 aliphatic carbocycles. The molecule has 1 fully saturated rings. The average Bonchev–Trinajstić information content (AvgIpc) is 2.25. The molecule has 0 saturated heterocycles. The van der Waals surface area contributed by atoms with Gasteiger partial charge in [-0.05, 0) is 25.0 Å². The molecule has 98 valence electrons. The van der Waals surface area contributed by atoms with E-state index in [9.17, 15) is 18.0 Å². The number of hydrogen-bond acceptors (Lipinski definition) is 3. The summed E-state index contributed by atoms with van der Waals surface area (Å²) < 4.78 is 43.8. The van der Waals surface area contributed by atoms with Crippen LogP contribution in [0.25, 0.3) is 0 Å². The largest absolute Gasteiger partial charge is 0.465 e. The Labute approximate surface area is 102 Å². The molecular weight excluding hydrogens is 247 g/mol. The van der Waals surface area contributed by atoms with E-state index in [2.05, 4.69) is 9.72 Å². The normalized spacial score (nSPS) is 18.0. The summed E-state index contributed by atoms with van der Waals surface area (Å²) in [5.74, 6) is -0.657. The van der Waals surface area contributed by atoms with Gasteiger partial charge in [-0.25, -0.2) is 4.79 Å². The van der Waals surface area contributed by atoms with Gasteiger partial charge in [0.2, 0.25) is 0 Å².